The summed E-state index contributed by atoms with van der Waals surface area (Å²) in [6.45, 7) is 4.28. The van der Waals surface area contributed by atoms with Gasteiger partial charge in [-0.25, -0.2) is 24.9 Å². The van der Waals surface area contributed by atoms with Gasteiger partial charge in [-0.2, -0.15) is 0 Å². The third-order valence-electron chi connectivity index (χ3n) is 9.94. The number of hydrogen-bond donors (Lipinski definition) is 0. The van der Waals surface area contributed by atoms with Crippen LogP contribution in [0.5, 0.6) is 23.0 Å². The van der Waals surface area contributed by atoms with Crippen LogP contribution in [0.4, 0.5) is 0 Å². The maximum Gasteiger partial charge on any atom is 0.162 e. The zero-order chi connectivity index (χ0) is 36.9. The first-order valence-corrected chi connectivity index (χ1v) is 18.2. The van der Waals surface area contributed by atoms with Gasteiger partial charge in [0.05, 0.1) is 22.1 Å². The third-order valence-corrected chi connectivity index (χ3v) is 9.94. The van der Waals surface area contributed by atoms with Crippen molar-refractivity contribution >= 4 is 43.6 Å². The van der Waals surface area contributed by atoms with Crippen LogP contribution in [0.2, 0.25) is 0 Å². The quantitative estimate of drug-likeness (QED) is 0.155. The molecule has 5 aromatic carbocycles. The Labute approximate surface area is 316 Å². The number of pyridine rings is 2. The van der Waals surface area contributed by atoms with E-state index in [4.69, 9.17) is 19.4 Å². The fourth-order valence-corrected chi connectivity index (χ4v) is 7.60. The number of ether oxygens (including phenoxy) is 2. The van der Waals surface area contributed by atoms with E-state index in [-0.39, 0.29) is 5.92 Å². The van der Waals surface area contributed by atoms with Crippen LogP contribution >= 0.6 is 0 Å². The Kier molecular flexibility index (Phi) is 7.76. The van der Waals surface area contributed by atoms with E-state index in [1.54, 1.807) is 0 Å². The van der Waals surface area contributed by atoms with E-state index < -0.39 is 0 Å². The first-order valence-electron chi connectivity index (χ1n) is 18.2. The Morgan fingerprint density at radius 2 is 0.945 bits per heavy atom. The summed E-state index contributed by atoms with van der Waals surface area (Å²) < 4.78 is 18.1. The second-order valence-corrected chi connectivity index (χ2v) is 13.6. The van der Waals surface area contributed by atoms with Crippen molar-refractivity contribution in [3.63, 3.8) is 0 Å². The highest BCUT2D eigenvalue weighted by molar-refractivity contribution is 6.10. The van der Waals surface area contributed by atoms with Crippen LogP contribution < -0.4 is 9.47 Å². The lowest BCUT2D eigenvalue weighted by Crippen LogP contribution is -2.01. The van der Waals surface area contributed by atoms with E-state index in [1.807, 2.05) is 73.1 Å². The van der Waals surface area contributed by atoms with Crippen LogP contribution in [0, 0.1) is 0 Å². The minimum absolute atomic E-state index is 0.0322. The number of para-hydroxylation sites is 2. The normalized spacial score (nSPS) is 11.6. The molecule has 9 nitrogen and oxygen atoms in total. The molecule has 0 amide bonds. The predicted octanol–water partition coefficient (Wildman–Crippen LogP) is 11.2. The van der Waals surface area contributed by atoms with Crippen molar-refractivity contribution in [2.24, 2.45) is 0 Å². The molecule has 10 rings (SSSR count). The van der Waals surface area contributed by atoms with E-state index in [2.05, 4.69) is 111 Å². The standard InChI is InChI=1S/C46H33N7O2/c1-29(2)45-41(54-31-17-19-35-33-11-3-5-13-37(33)52(39(35)25-31)43-15-7-9-21-48-43)23-30(46-50-27-47-28-51-46)24-42(45)55-32-18-20-36-34-12-4-6-14-38(34)53(40(36)26-32)44-16-8-10-22-49-44/h3-29H,1-2H3. The largest absolute Gasteiger partial charge is 0.457 e. The summed E-state index contributed by atoms with van der Waals surface area (Å²) in [7, 11) is 0. The minimum Gasteiger partial charge on any atom is -0.457 e. The predicted molar refractivity (Wildman–Crippen MR) is 217 cm³/mol. The molecule has 0 spiro atoms. The van der Waals surface area contributed by atoms with Crippen molar-refractivity contribution in [2.75, 3.05) is 0 Å². The number of fused-ring (bicyclic) bond motifs is 6. The second kappa shape index (κ2) is 13.2. The van der Waals surface area contributed by atoms with Gasteiger partial charge in [0.2, 0.25) is 0 Å². The summed E-state index contributed by atoms with van der Waals surface area (Å²) in [5, 5.41) is 4.51. The average molecular weight is 716 g/mol. The van der Waals surface area contributed by atoms with Crippen molar-refractivity contribution in [2.45, 2.75) is 19.8 Å². The molecule has 0 saturated carbocycles. The number of rotatable bonds is 8. The molecule has 0 aliphatic heterocycles. The molecule has 0 atom stereocenters. The SMILES string of the molecule is CC(C)c1c(Oc2ccc3c4ccccc4n(-c4ccccn4)c3c2)cc(-c2ncncn2)cc1Oc1ccc2c3ccccc3n(-c3ccccn3)c2c1. The lowest BCUT2D eigenvalue weighted by Gasteiger charge is -2.20. The van der Waals surface area contributed by atoms with Crippen molar-refractivity contribution in [1.82, 2.24) is 34.1 Å². The van der Waals surface area contributed by atoms with E-state index in [0.29, 0.717) is 28.8 Å². The van der Waals surface area contributed by atoms with Crippen molar-refractivity contribution in [3.8, 4) is 46.0 Å². The van der Waals surface area contributed by atoms with Gasteiger partial charge < -0.3 is 9.47 Å². The summed E-state index contributed by atoms with van der Waals surface area (Å²) in [5.74, 6) is 4.85. The van der Waals surface area contributed by atoms with Crippen LogP contribution in [0.1, 0.15) is 25.3 Å². The van der Waals surface area contributed by atoms with Gasteiger partial charge in [-0.1, -0.05) is 62.4 Å². The topological polar surface area (TPSA) is 92.8 Å². The second-order valence-electron chi connectivity index (χ2n) is 13.6. The summed E-state index contributed by atoms with van der Waals surface area (Å²) in [6.07, 6.45) is 6.62. The number of nitrogens with zero attached hydrogens (tertiary/aromatic N) is 7. The maximum absolute atomic E-state index is 6.90. The lowest BCUT2D eigenvalue weighted by atomic mass is 9.98. The highest BCUT2D eigenvalue weighted by atomic mass is 16.5. The highest BCUT2D eigenvalue weighted by Crippen LogP contribution is 2.44. The van der Waals surface area contributed by atoms with Crippen LogP contribution in [0.3, 0.4) is 0 Å². The molecule has 55 heavy (non-hydrogen) atoms. The molecule has 264 valence electrons. The van der Waals surface area contributed by atoms with Gasteiger partial charge in [-0.3, -0.25) is 9.13 Å². The van der Waals surface area contributed by atoms with Gasteiger partial charge >= 0.3 is 0 Å². The molecule has 5 heterocycles. The van der Waals surface area contributed by atoms with Gasteiger partial charge in [-0.15, -0.1) is 0 Å². The van der Waals surface area contributed by atoms with Crippen LogP contribution in [0.25, 0.3) is 66.6 Å². The molecule has 9 heteroatoms. The Morgan fingerprint density at radius 1 is 0.473 bits per heavy atom. The van der Waals surface area contributed by atoms with Gasteiger partial charge in [0, 0.05) is 57.2 Å². The van der Waals surface area contributed by atoms with Gasteiger partial charge in [0.1, 0.15) is 47.3 Å². The smallest absolute Gasteiger partial charge is 0.162 e. The Bertz CT molecular complexity index is 2830. The summed E-state index contributed by atoms with van der Waals surface area (Å²) in [5.41, 5.74) is 5.78. The maximum atomic E-state index is 6.90. The fourth-order valence-electron chi connectivity index (χ4n) is 7.60. The molecule has 0 N–H and O–H groups in total. The van der Waals surface area contributed by atoms with E-state index in [0.717, 1.165) is 66.4 Å². The molecular weight excluding hydrogens is 683 g/mol. The van der Waals surface area contributed by atoms with Crippen molar-refractivity contribution in [1.29, 1.82) is 0 Å². The molecule has 0 fully saturated rings. The number of hydrogen-bond acceptors (Lipinski definition) is 7. The first kappa shape index (κ1) is 32.3. The lowest BCUT2D eigenvalue weighted by molar-refractivity contribution is 0.445. The molecule has 0 aliphatic carbocycles. The summed E-state index contributed by atoms with van der Waals surface area (Å²) >= 11 is 0. The van der Waals surface area contributed by atoms with Crippen LogP contribution in [0.15, 0.2) is 159 Å². The molecule has 0 aliphatic rings. The van der Waals surface area contributed by atoms with Crippen molar-refractivity contribution in [3.05, 3.63) is 164 Å². The highest BCUT2D eigenvalue weighted by Gasteiger charge is 2.22. The Balaban J connectivity index is 1.13. The first-order chi connectivity index (χ1) is 27.1. The Morgan fingerprint density at radius 3 is 1.42 bits per heavy atom. The zero-order valence-corrected chi connectivity index (χ0v) is 30.0. The van der Waals surface area contributed by atoms with E-state index in [9.17, 15) is 0 Å². The number of aromatic nitrogens is 7. The Hall–Kier alpha value is -7.39. The zero-order valence-electron chi connectivity index (χ0n) is 30.0. The fraction of sp³-hybridized carbons (Fsp3) is 0.0652. The van der Waals surface area contributed by atoms with E-state index >= 15 is 0 Å². The average Bonchev–Trinajstić information content (AvgIpc) is 3.73. The molecule has 5 aromatic heterocycles. The van der Waals surface area contributed by atoms with Gasteiger partial charge in [-0.05, 0) is 78.7 Å². The summed E-state index contributed by atoms with van der Waals surface area (Å²) in [6, 6.07) is 45.0. The third kappa shape index (κ3) is 5.61. The monoisotopic (exact) mass is 715 g/mol. The van der Waals surface area contributed by atoms with Crippen LogP contribution in [-0.2, 0) is 0 Å². The van der Waals surface area contributed by atoms with Gasteiger partial charge in [0.25, 0.3) is 0 Å². The molecule has 0 radical (unpaired) electrons. The molecule has 10 aromatic rings. The van der Waals surface area contributed by atoms with Crippen molar-refractivity contribution < 1.29 is 9.47 Å². The molecule has 0 bridgehead atoms. The minimum atomic E-state index is 0.0322. The van der Waals surface area contributed by atoms with Gasteiger partial charge in [0.15, 0.2) is 5.82 Å². The molecule has 0 saturated heterocycles. The molecular formula is C46H33N7O2. The summed E-state index contributed by atoms with van der Waals surface area (Å²) in [4.78, 5) is 22.4. The molecule has 0 unspecified atom stereocenters. The number of benzene rings is 5. The van der Waals surface area contributed by atoms with E-state index in [1.165, 1.54) is 12.7 Å². The van der Waals surface area contributed by atoms with Crippen LogP contribution in [-0.4, -0.2) is 34.1 Å².